The molecular formula is C10H17BrN4O2S. The van der Waals surface area contributed by atoms with Crippen LogP contribution >= 0.6 is 15.9 Å². The van der Waals surface area contributed by atoms with Crippen LogP contribution in [0.5, 0.6) is 0 Å². The van der Waals surface area contributed by atoms with Crippen LogP contribution in [0.2, 0.25) is 0 Å². The molecule has 2 unspecified atom stereocenters. The summed E-state index contributed by atoms with van der Waals surface area (Å²) in [5.41, 5.74) is 0. The largest absolute Gasteiger partial charge is 0.263 e. The highest BCUT2D eigenvalue weighted by Gasteiger charge is 2.41. The van der Waals surface area contributed by atoms with Crippen LogP contribution in [0.4, 0.5) is 0 Å². The van der Waals surface area contributed by atoms with Gasteiger partial charge >= 0.3 is 0 Å². The molecule has 0 amide bonds. The predicted octanol–water partition coefficient (Wildman–Crippen LogP) is 1.53. The van der Waals surface area contributed by atoms with Crippen molar-refractivity contribution >= 4 is 26.0 Å². The van der Waals surface area contributed by atoms with E-state index in [4.69, 9.17) is 0 Å². The fourth-order valence-electron chi connectivity index (χ4n) is 2.56. The second kappa shape index (κ2) is 4.90. The van der Waals surface area contributed by atoms with Gasteiger partial charge in [-0.25, -0.2) is 13.1 Å². The minimum absolute atomic E-state index is 0.0294. The fraction of sp³-hybridized carbons (Fsp3) is 0.800. The fourth-order valence-corrected chi connectivity index (χ4v) is 5.55. The van der Waals surface area contributed by atoms with E-state index in [9.17, 15) is 8.42 Å². The van der Waals surface area contributed by atoms with Gasteiger partial charge in [0.2, 0.25) is 5.03 Å². The van der Waals surface area contributed by atoms with Gasteiger partial charge in [0.25, 0.3) is 10.0 Å². The molecule has 1 aliphatic heterocycles. The molecule has 18 heavy (non-hydrogen) atoms. The molecule has 2 heterocycles. The van der Waals surface area contributed by atoms with Gasteiger partial charge < -0.3 is 0 Å². The molecule has 8 heteroatoms. The first-order valence-electron chi connectivity index (χ1n) is 5.98. The minimum Gasteiger partial charge on any atom is -0.235 e. The lowest BCUT2D eigenvalue weighted by Gasteiger charge is -2.26. The number of halogens is 1. The molecule has 0 bridgehead atoms. The topological polar surface area (TPSA) is 68.1 Å². The maximum atomic E-state index is 12.7. The van der Waals surface area contributed by atoms with Crippen molar-refractivity contribution in [1.82, 2.24) is 19.3 Å². The van der Waals surface area contributed by atoms with E-state index in [0.29, 0.717) is 0 Å². The number of hydrogen-bond acceptors (Lipinski definition) is 4. The molecule has 0 saturated carbocycles. The highest BCUT2D eigenvalue weighted by atomic mass is 79.9. The van der Waals surface area contributed by atoms with Crippen LogP contribution in [0, 0.1) is 0 Å². The van der Waals surface area contributed by atoms with Crippen molar-refractivity contribution in [1.29, 1.82) is 0 Å². The van der Waals surface area contributed by atoms with Gasteiger partial charge in [0.15, 0.2) is 4.60 Å². The van der Waals surface area contributed by atoms with Gasteiger partial charge in [0.1, 0.15) is 0 Å². The van der Waals surface area contributed by atoms with Gasteiger partial charge in [-0.3, -0.25) is 0 Å². The number of aryl methyl sites for hydroxylation is 1. The second-order valence-corrected chi connectivity index (χ2v) is 7.14. The molecule has 102 valence electrons. The van der Waals surface area contributed by atoms with E-state index in [0.717, 1.165) is 19.3 Å². The summed E-state index contributed by atoms with van der Waals surface area (Å²) in [6.07, 6.45) is 2.65. The summed E-state index contributed by atoms with van der Waals surface area (Å²) < 4.78 is 28.6. The molecule has 0 N–H and O–H groups in total. The smallest absolute Gasteiger partial charge is 0.235 e. The Kier molecular flexibility index (Phi) is 3.80. The number of rotatable bonds is 3. The molecule has 1 aliphatic rings. The number of nitrogens with zero attached hydrogens (tertiary/aromatic N) is 4. The van der Waals surface area contributed by atoms with E-state index in [1.54, 1.807) is 11.4 Å². The summed E-state index contributed by atoms with van der Waals surface area (Å²) in [5, 5.41) is 7.63. The molecule has 1 saturated heterocycles. The quantitative estimate of drug-likeness (QED) is 0.839. The van der Waals surface area contributed by atoms with Gasteiger partial charge in [0.05, 0.1) is 0 Å². The highest BCUT2D eigenvalue weighted by molar-refractivity contribution is 9.10. The Morgan fingerprint density at radius 2 is 2.11 bits per heavy atom. The van der Waals surface area contributed by atoms with E-state index in [1.807, 2.05) is 13.8 Å². The Labute approximate surface area is 116 Å². The van der Waals surface area contributed by atoms with Crippen molar-refractivity contribution in [3.8, 4) is 0 Å². The molecule has 2 rings (SSSR count). The first-order chi connectivity index (χ1) is 8.39. The zero-order chi connectivity index (χ0) is 13.5. The van der Waals surface area contributed by atoms with Gasteiger partial charge in [0, 0.05) is 19.1 Å². The first-order valence-corrected chi connectivity index (χ1v) is 8.21. The van der Waals surface area contributed by atoms with Crippen LogP contribution in [-0.4, -0.2) is 39.8 Å². The molecule has 0 radical (unpaired) electrons. The number of hydrogen-bond donors (Lipinski definition) is 0. The van der Waals surface area contributed by atoms with Gasteiger partial charge in [-0.05, 0) is 42.1 Å². The van der Waals surface area contributed by atoms with E-state index < -0.39 is 10.0 Å². The molecule has 1 fully saturated rings. The van der Waals surface area contributed by atoms with Crippen LogP contribution in [0.1, 0.15) is 33.1 Å². The monoisotopic (exact) mass is 336 g/mol. The number of sulfonamides is 1. The van der Waals surface area contributed by atoms with Gasteiger partial charge in [-0.15, -0.1) is 5.10 Å². The highest BCUT2D eigenvalue weighted by Crippen LogP contribution is 2.33. The van der Waals surface area contributed by atoms with Gasteiger partial charge in [-0.2, -0.15) is 4.31 Å². The van der Waals surface area contributed by atoms with E-state index in [-0.39, 0.29) is 21.7 Å². The average molecular weight is 337 g/mol. The first kappa shape index (κ1) is 14.0. The third-order valence-electron chi connectivity index (χ3n) is 3.44. The lowest BCUT2D eigenvalue weighted by atomic mass is 10.2. The second-order valence-electron chi connectivity index (χ2n) is 4.63. The molecule has 0 aromatic carbocycles. The van der Waals surface area contributed by atoms with Crippen molar-refractivity contribution in [3.63, 3.8) is 0 Å². The third-order valence-corrected chi connectivity index (χ3v) is 6.40. The Morgan fingerprint density at radius 1 is 1.44 bits per heavy atom. The Morgan fingerprint density at radius 3 is 2.61 bits per heavy atom. The van der Waals surface area contributed by atoms with Crippen LogP contribution in [-0.2, 0) is 17.1 Å². The summed E-state index contributed by atoms with van der Waals surface area (Å²) in [5.74, 6) is 0. The Bertz CT molecular complexity index is 523. The SMILES string of the molecule is CCC1CCC(C)N1S(=O)(=O)c1c(Br)nnn1C. The normalized spacial score (nSPS) is 25.8. The van der Waals surface area contributed by atoms with Crippen LogP contribution in [0.3, 0.4) is 0 Å². The van der Waals surface area contributed by atoms with Crippen LogP contribution in [0.25, 0.3) is 0 Å². The molecule has 0 aliphatic carbocycles. The van der Waals surface area contributed by atoms with Crippen molar-refractivity contribution < 1.29 is 8.42 Å². The summed E-state index contributed by atoms with van der Waals surface area (Å²) in [6, 6.07) is 0.105. The summed E-state index contributed by atoms with van der Waals surface area (Å²) in [7, 11) is -1.95. The van der Waals surface area contributed by atoms with E-state index >= 15 is 0 Å². The van der Waals surface area contributed by atoms with Crippen molar-refractivity contribution in [2.45, 2.75) is 50.2 Å². The van der Waals surface area contributed by atoms with Crippen LogP contribution < -0.4 is 0 Å². The molecule has 6 nitrogen and oxygen atoms in total. The minimum atomic E-state index is -3.54. The molecule has 2 atom stereocenters. The van der Waals surface area contributed by atoms with Crippen molar-refractivity contribution in [2.75, 3.05) is 0 Å². The van der Waals surface area contributed by atoms with Crippen LogP contribution in [0.15, 0.2) is 9.63 Å². The maximum absolute atomic E-state index is 12.7. The lowest BCUT2D eigenvalue weighted by molar-refractivity contribution is 0.325. The summed E-state index contributed by atoms with van der Waals surface area (Å²) in [6.45, 7) is 3.96. The summed E-state index contributed by atoms with van der Waals surface area (Å²) in [4.78, 5) is 0. The predicted molar refractivity (Wildman–Crippen MR) is 70.5 cm³/mol. The van der Waals surface area contributed by atoms with Crippen molar-refractivity contribution in [2.24, 2.45) is 7.05 Å². The third kappa shape index (κ3) is 2.10. The van der Waals surface area contributed by atoms with E-state index in [1.165, 1.54) is 4.68 Å². The molecule has 1 aromatic heterocycles. The van der Waals surface area contributed by atoms with E-state index in [2.05, 4.69) is 26.2 Å². The van der Waals surface area contributed by atoms with Gasteiger partial charge in [-0.1, -0.05) is 12.1 Å². The Balaban J connectivity index is 2.49. The average Bonchev–Trinajstić information content (AvgIpc) is 2.82. The Hall–Kier alpha value is -0.470. The van der Waals surface area contributed by atoms with Crippen molar-refractivity contribution in [3.05, 3.63) is 4.60 Å². The molecule has 0 spiro atoms. The standard InChI is InChI=1S/C10H17BrN4O2S/c1-4-8-6-5-7(2)15(8)18(16,17)10-9(11)12-13-14(10)3/h7-8H,4-6H2,1-3H3. The summed E-state index contributed by atoms with van der Waals surface area (Å²) >= 11 is 3.16. The number of aromatic nitrogens is 3. The lowest BCUT2D eigenvalue weighted by Crippen LogP contribution is -2.40. The zero-order valence-corrected chi connectivity index (χ0v) is 13.1. The zero-order valence-electron chi connectivity index (χ0n) is 10.7. The molecular weight excluding hydrogens is 320 g/mol. The maximum Gasteiger partial charge on any atom is 0.263 e. The molecule has 1 aromatic rings.